The van der Waals surface area contributed by atoms with Crippen LogP contribution in [0.3, 0.4) is 0 Å². The predicted octanol–water partition coefficient (Wildman–Crippen LogP) is 2.82. The van der Waals surface area contributed by atoms with Crippen LogP contribution in [0, 0.1) is 5.82 Å². The molecule has 6 nitrogen and oxygen atoms in total. The van der Waals surface area contributed by atoms with E-state index in [2.05, 4.69) is 0 Å². The van der Waals surface area contributed by atoms with Crippen molar-refractivity contribution in [2.24, 2.45) is 0 Å². The van der Waals surface area contributed by atoms with Gasteiger partial charge in [-0.25, -0.2) is 4.39 Å². The van der Waals surface area contributed by atoms with Crippen molar-refractivity contribution in [3.8, 4) is 5.75 Å². The van der Waals surface area contributed by atoms with E-state index in [1.807, 2.05) is 19.0 Å². The Labute approximate surface area is 168 Å². The molecule has 29 heavy (non-hydrogen) atoms. The number of carbonyl (C=O) groups is 2. The van der Waals surface area contributed by atoms with Gasteiger partial charge in [0.1, 0.15) is 17.3 Å². The van der Waals surface area contributed by atoms with Crippen LogP contribution in [0.2, 0.25) is 0 Å². The number of Topliss-reactive ketones (excluding diaryl/α,β-unsaturated/α-hetero) is 1. The van der Waals surface area contributed by atoms with Crippen molar-refractivity contribution in [2.45, 2.75) is 6.04 Å². The maximum absolute atomic E-state index is 13.3. The van der Waals surface area contributed by atoms with E-state index in [0.717, 1.165) is 0 Å². The Kier molecular flexibility index (Phi) is 5.98. The van der Waals surface area contributed by atoms with E-state index >= 15 is 0 Å². The number of rotatable bonds is 6. The number of methoxy groups -OCH3 is 1. The lowest BCUT2D eigenvalue weighted by Crippen LogP contribution is -2.35. The van der Waals surface area contributed by atoms with Gasteiger partial charge in [-0.15, -0.1) is 0 Å². The van der Waals surface area contributed by atoms with Gasteiger partial charge >= 0.3 is 0 Å². The van der Waals surface area contributed by atoms with Crippen LogP contribution in [0.15, 0.2) is 54.1 Å². The van der Waals surface area contributed by atoms with Crippen molar-refractivity contribution in [1.29, 1.82) is 0 Å². The zero-order chi connectivity index (χ0) is 21.1. The first-order chi connectivity index (χ1) is 13.8. The van der Waals surface area contributed by atoms with Crippen LogP contribution in [0.5, 0.6) is 5.75 Å². The SMILES string of the molecule is COc1ccc([C@H]2C(=C(O)c3ccc(F)cc3)C(=O)C(=O)N2CCN(C)C)cc1. The molecule has 1 amide bonds. The topological polar surface area (TPSA) is 70.1 Å². The number of halogens is 1. The second-order valence-electron chi connectivity index (χ2n) is 7.08. The molecule has 7 heteroatoms. The van der Waals surface area contributed by atoms with Crippen LogP contribution in [0.25, 0.3) is 5.76 Å². The fourth-order valence-electron chi connectivity index (χ4n) is 3.31. The average molecular weight is 398 g/mol. The van der Waals surface area contributed by atoms with Crippen molar-refractivity contribution in [2.75, 3.05) is 34.3 Å². The van der Waals surface area contributed by atoms with Crippen LogP contribution in [0.1, 0.15) is 17.2 Å². The van der Waals surface area contributed by atoms with E-state index in [0.29, 0.717) is 24.4 Å². The highest BCUT2D eigenvalue weighted by Crippen LogP contribution is 2.39. The summed E-state index contributed by atoms with van der Waals surface area (Å²) in [6.07, 6.45) is 0. The fraction of sp³-hybridized carbons (Fsp3) is 0.273. The Morgan fingerprint density at radius 1 is 1.10 bits per heavy atom. The molecule has 1 fully saturated rings. The largest absolute Gasteiger partial charge is 0.507 e. The first-order valence-corrected chi connectivity index (χ1v) is 9.16. The summed E-state index contributed by atoms with van der Waals surface area (Å²) in [6.45, 7) is 0.866. The van der Waals surface area contributed by atoms with Gasteiger partial charge in [-0.3, -0.25) is 9.59 Å². The van der Waals surface area contributed by atoms with Gasteiger partial charge < -0.3 is 19.6 Å². The van der Waals surface area contributed by atoms with Gasteiger partial charge in [-0.2, -0.15) is 0 Å². The Morgan fingerprint density at radius 2 is 1.72 bits per heavy atom. The van der Waals surface area contributed by atoms with Crippen molar-refractivity contribution in [3.05, 3.63) is 71.0 Å². The smallest absolute Gasteiger partial charge is 0.295 e. The highest BCUT2D eigenvalue weighted by atomic mass is 19.1. The summed E-state index contributed by atoms with van der Waals surface area (Å²) in [7, 11) is 5.29. The summed E-state index contributed by atoms with van der Waals surface area (Å²) in [4.78, 5) is 28.9. The summed E-state index contributed by atoms with van der Waals surface area (Å²) < 4.78 is 18.5. The third kappa shape index (κ3) is 4.14. The summed E-state index contributed by atoms with van der Waals surface area (Å²) >= 11 is 0. The molecule has 0 radical (unpaired) electrons. The molecule has 1 aliphatic heterocycles. The number of ether oxygens (including phenoxy) is 1. The average Bonchev–Trinajstić information content (AvgIpc) is 2.97. The van der Waals surface area contributed by atoms with E-state index < -0.39 is 23.5 Å². The molecule has 0 aliphatic carbocycles. The minimum Gasteiger partial charge on any atom is -0.507 e. The maximum Gasteiger partial charge on any atom is 0.295 e. The van der Waals surface area contributed by atoms with Crippen LogP contribution >= 0.6 is 0 Å². The number of likely N-dealkylation sites (tertiary alicyclic amines) is 1. The summed E-state index contributed by atoms with van der Waals surface area (Å²) in [5.74, 6) is -1.57. The van der Waals surface area contributed by atoms with Gasteiger partial charge in [-0.05, 0) is 56.1 Å². The molecule has 0 unspecified atom stereocenters. The van der Waals surface area contributed by atoms with Gasteiger partial charge in [-0.1, -0.05) is 12.1 Å². The molecule has 1 atom stereocenters. The van der Waals surface area contributed by atoms with Crippen molar-refractivity contribution in [1.82, 2.24) is 9.80 Å². The van der Waals surface area contributed by atoms with Crippen LogP contribution in [0.4, 0.5) is 4.39 Å². The molecule has 3 rings (SSSR count). The number of amides is 1. The molecular formula is C22H23FN2O4. The summed E-state index contributed by atoms with van der Waals surface area (Å²) in [5.41, 5.74) is 0.938. The number of ketones is 1. The standard InChI is InChI=1S/C22H23FN2O4/c1-24(2)12-13-25-19(14-6-10-17(29-3)11-7-14)18(21(27)22(25)28)20(26)15-4-8-16(23)9-5-15/h4-11,19,26H,12-13H2,1-3H3/t19-/m0/s1. The second kappa shape index (κ2) is 8.45. The molecule has 0 saturated carbocycles. The Hall–Kier alpha value is -3.19. The molecule has 1 aliphatic rings. The van der Waals surface area contributed by atoms with E-state index in [1.54, 1.807) is 31.4 Å². The van der Waals surface area contributed by atoms with Crippen LogP contribution < -0.4 is 4.74 Å². The number of aliphatic hydroxyl groups excluding tert-OH is 1. The number of hydrogen-bond donors (Lipinski definition) is 1. The number of likely N-dealkylation sites (N-methyl/N-ethyl adjacent to an activating group) is 1. The summed E-state index contributed by atoms with van der Waals surface area (Å²) in [5, 5.41) is 10.8. The third-order valence-corrected chi connectivity index (χ3v) is 4.88. The number of nitrogens with zero attached hydrogens (tertiary/aromatic N) is 2. The molecular weight excluding hydrogens is 375 g/mol. The molecule has 1 saturated heterocycles. The molecule has 2 aromatic carbocycles. The first kappa shape index (κ1) is 20.5. The zero-order valence-corrected chi connectivity index (χ0v) is 16.6. The van der Waals surface area contributed by atoms with Crippen LogP contribution in [-0.2, 0) is 9.59 Å². The highest BCUT2D eigenvalue weighted by molar-refractivity contribution is 6.46. The molecule has 0 bridgehead atoms. The van der Waals surface area contributed by atoms with E-state index in [1.165, 1.54) is 29.2 Å². The number of aliphatic hydroxyl groups is 1. The zero-order valence-electron chi connectivity index (χ0n) is 16.6. The van der Waals surface area contributed by atoms with Gasteiger partial charge in [0, 0.05) is 18.7 Å². The highest BCUT2D eigenvalue weighted by Gasteiger charge is 2.45. The van der Waals surface area contributed by atoms with Gasteiger partial charge in [0.15, 0.2) is 0 Å². The molecule has 2 aromatic rings. The second-order valence-corrected chi connectivity index (χ2v) is 7.08. The van der Waals surface area contributed by atoms with E-state index in [4.69, 9.17) is 4.74 Å². The fourth-order valence-corrected chi connectivity index (χ4v) is 3.31. The lowest BCUT2D eigenvalue weighted by Gasteiger charge is -2.26. The van der Waals surface area contributed by atoms with Gasteiger partial charge in [0.25, 0.3) is 11.7 Å². The van der Waals surface area contributed by atoms with Crippen molar-refractivity contribution >= 4 is 17.4 Å². The number of carbonyl (C=O) groups excluding carboxylic acids is 2. The maximum atomic E-state index is 13.3. The minimum absolute atomic E-state index is 0.00877. The molecule has 1 N–H and O–H groups in total. The monoisotopic (exact) mass is 398 g/mol. The first-order valence-electron chi connectivity index (χ1n) is 9.16. The number of hydrogen-bond acceptors (Lipinski definition) is 5. The quantitative estimate of drug-likeness (QED) is 0.460. The van der Waals surface area contributed by atoms with E-state index in [-0.39, 0.29) is 16.9 Å². The molecule has 0 spiro atoms. The minimum atomic E-state index is -0.758. The van der Waals surface area contributed by atoms with Gasteiger partial charge in [0.05, 0.1) is 18.7 Å². The number of benzene rings is 2. The Morgan fingerprint density at radius 3 is 2.28 bits per heavy atom. The Balaban J connectivity index is 2.12. The third-order valence-electron chi connectivity index (χ3n) is 4.88. The van der Waals surface area contributed by atoms with Crippen molar-refractivity contribution < 1.29 is 23.8 Å². The van der Waals surface area contributed by atoms with Crippen LogP contribution in [-0.4, -0.2) is 60.9 Å². The lowest BCUT2D eigenvalue weighted by molar-refractivity contribution is -0.140. The van der Waals surface area contributed by atoms with Gasteiger partial charge in [0.2, 0.25) is 0 Å². The molecule has 152 valence electrons. The summed E-state index contributed by atoms with van der Waals surface area (Å²) in [6, 6.07) is 11.4. The van der Waals surface area contributed by atoms with E-state index in [9.17, 15) is 19.1 Å². The normalized spacial score (nSPS) is 18.5. The molecule has 0 aromatic heterocycles. The predicted molar refractivity (Wildman–Crippen MR) is 107 cm³/mol. The Bertz CT molecular complexity index is 936. The molecule has 1 heterocycles. The van der Waals surface area contributed by atoms with Crippen molar-refractivity contribution in [3.63, 3.8) is 0 Å². The lowest BCUT2D eigenvalue weighted by atomic mass is 9.95.